The van der Waals surface area contributed by atoms with Crippen molar-refractivity contribution in [2.75, 3.05) is 5.32 Å². The van der Waals surface area contributed by atoms with Gasteiger partial charge in [-0.15, -0.1) is 0 Å². The lowest BCUT2D eigenvalue weighted by Crippen LogP contribution is -2.04. The van der Waals surface area contributed by atoms with Crippen molar-refractivity contribution >= 4 is 28.1 Å². The van der Waals surface area contributed by atoms with E-state index in [0.29, 0.717) is 5.69 Å². The molecule has 0 aliphatic rings. The first-order valence-electron chi connectivity index (χ1n) is 9.52. The van der Waals surface area contributed by atoms with E-state index in [9.17, 15) is 4.79 Å². The smallest absolute Gasteiger partial charge is 0.183 e. The Kier molecular flexibility index (Phi) is 4.53. The number of nitrogens with one attached hydrogen (secondary N) is 3. The zero-order valence-corrected chi connectivity index (χ0v) is 16.0. The van der Waals surface area contributed by atoms with Gasteiger partial charge in [0.25, 0.3) is 0 Å². The molecule has 3 N–H and O–H groups in total. The highest BCUT2D eigenvalue weighted by Gasteiger charge is 2.11. The van der Waals surface area contributed by atoms with Crippen molar-refractivity contribution in [1.29, 1.82) is 0 Å². The molecular weight excluding hydrogens is 376 g/mol. The SMILES string of the molecule is O=C(Cc1ccnnc1)c1cc2ccc(Nc3cccc(-c4cn[nH]c4)c3)cc2[nH]1. The van der Waals surface area contributed by atoms with Crippen LogP contribution in [0.25, 0.3) is 22.0 Å². The van der Waals surface area contributed by atoms with Crippen LogP contribution in [0.3, 0.4) is 0 Å². The van der Waals surface area contributed by atoms with Crippen molar-refractivity contribution in [3.63, 3.8) is 0 Å². The second-order valence-electron chi connectivity index (χ2n) is 7.03. The number of aromatic nitrogens is 5. The number of hydrogen-bond acceptors (Lipinski definition) is 5. The van der Waals surface area contributed by atoms with E-state index in [1.165, 1.54) is 0 Å². The number of nitrogens with zero attached hydrogens (tertiary/aromatic N) is 3. The van der Waals surface area contributed by atoms with Crippen molar-refractivity contribution in [2.45, 2.75) is 6.42 Å². The molecule has 0 saturated heterocycles. The first kappa shape index (κ1) is 17.8. The minimum atomic E-state index is 0.0153. The van der Waals surface area contributed by atoms with E-state index in [1.54, 1.807) is 24.7 Å². The van der Waals surface area contributed by atoms with E-state index < -0.39 is 0 Å². The van der Waals surface area contributed by atoms with Crippen LogP contribution in [0, 0.1) is 0 Å². The Bertz CT molecular complexity index is 1310. The van der Waals surface area contributed by atoms with Gasteiger partial charge in [-0.2, -0.15) is 15.3 Å². The number of fused-ring (bicyclic) bond motifs is 1. The zero-order chi connectivity index (χ0) is 20.3. The third-order valence-corrected chi connectivity index (χ3v) is 4.92. The number of carbonyl (C=O) groups excluding carboxylic acids is 1. The Morgan fingerprint density at radius 3 is 2.70 bits per heavy atom. The van der Waals surface area contributed by atoms with Crippen LogP contribution < -0.4 is 5.32 Å². The molecule has 146 valence electrons. The molecular formula is C23H18N6O. The monoisotopic (exact) mass is 394 g/mol. The summed E-state index contributed by atoms with van der Waals surface area (Å²) in [5.74, 6) is 0.0153. The average molecular weight is 394 g/mol. The maximum absolute atomic E-state index is 12.6. The summed E-state index contributed by atoms with van der Waals surface area (Å²) in [6.45, 7) is 0. The fourth-order valence-corrected chi connectivity index (χ4v) is 3.41. The number of Topliss-reactive ketones (excluding diaryl/α,β-unsaturated/α-hetero) is 1. The molecule has 0 spiro atoms. The number of H-pyrrole nitrogens is 2. The number of ketones is 1. The summed E-state index contributed by atoms with van der Waals surface area (Å²) in [5.41, 5.74) is 6.35. The number of rotatable bonds is 6. The number of hydrogen-bond donors (Lipinski definition) is 3. The lowest BCUT2D eigenvalue weighted by Gasteiger charge is -2.08. The molecule has 5 rings (SSSR count). The molecule has 5 aromatic rings. The summed E-state index contributed by atoms with van der Waals surface area (Å²) < 4.78 is 0. The van der Waals surface area contributed by atoms with Gasteiger partial charge in [-0.1, -0.05) is 18.2 Å². The first-order chi connectivity index (χ1) is 14.7. The normalized spacial score (nSPS) is 10.9. The van der Waals surface area contributed by atoms with Crippen molar-refractivity contribution in [3.05, 3.63) is 90.6 Å². The molecule has 0 bridgehead atoms. The van der Waals surface area contributed by atoms with E-state index >= 15 is 0 Å². The van der Waals surface area contributed by atoms with Crippen molar-refractivity contribution in [2.24, 2.45) is 0 Å². The number of anilines is 2. The van der Waals surface area contributed by atoms with E-state index in [4.69, 9.17) is 0 Å². The van der Waals surface area contributed by atoms with Gasteiger partial charge >= 0.3 is 0 Å². The third kappa shape index (κ3) is 3.68. The minimum absolute atomic E-state index is 0.0153. The highest BCUT2D eigenvalue weighted by atomic mass is 16.1. The second kappa shape index (κ2) is 7.63. The summed E-state index contributed by atoms with van der Waals surface area (Å²) in [4.78, 5) is 15.8. The fraction of sp³-hybridized carbons (Fsp3) is 0.0435. The summed E-state index contributed by atoms with van der Waals surface area (Å²) >= 11 is 0. The fourth-order valence-electron chi connectivity index (χ4n) is 3.41. The largest absolute Gasteiger partial charge is 0.355 e. The van der Waals surface area contributed by atoms with Gasteiger partial charge in [-0.25, -0.2) is 0 Å². The Morgan fingerprint density at radius 1 is 0.933 bits per heavy atom. The maximum Gasteiger partial charge on any atom is 0.183 e. The van der Waals surface area contributed by atoms with Crippen LogP contribution in [-0.2, 0) is 6.42 Å². The van der Waals surface area contributed by atoms with Gasteiger partial charge in [0, 0.05) is 46.7 Å². The van der Waals surface area contributed by atoms with Crippen LogP contribution in [0.5, 0.6) is 0 Å². The van der Waals surface area contributed by atoms with Crippen molar-refractivity contribution < 1.29 is 4.79 Å². The number of aromatic amines is 2. The Morgan fingerprint density at radius 2 is 1.87 bits per heavy atom. The second-order valence-corrected chi connectivity index (χ2v) is 7.03. The van der Waals surface area contributed by atoms with Gasteiger partial charge < -0.3 is 10.3 Å². The van der Waals surface area contributed by atoms with E-state index in [-0.39, 0.29) is 12.2 Å². The molecule has 0 radical (unpaired) electrons. The molecule has 0 aliphatic heterocycles. The van der Waals surface area contributed by atoms with Gasteiger partial charge in [0.05, 0.1) is 18.1 Å². The molecule has 0 fully saturated rings. The standard InChI is InChI=1S/C23H18N6O/c30-23(8-15-6-7-24-25-12-15)22-10-17-4-5-20(11-21(17)29-22)28-19-3-1-2-16(9-19)18-13-26-27-14-18/h1-7,9-14,28-29H,8H2,(H,26,27). The predicted octanol–water partition coefficient (Wildman–Crippen LogP) is 4.52. The topological polar surface area (TPSA) is 99.3 Å². The quantitative estimate of drug-likeness (QED) is 0.368. The average Bonchev–Trinajstić information content (AvgIpc) is 3.45. The first-order valence-corrected chi connectivity index (χ1v) is 9.52. The predicted molar refractivity (Wildman–Crippen MR) is 116 cm³/mol. The molecule has 0 aliphatic carbocycles. The third-order valence-electron chi connectivity index (χ3n) is 4.92. The van der Waals surface area contributed by atoms with Crippen LogP contribution in [-0.4, -0.2) is 31.2 Å². The Balaban J connectivity index is 1.37. The lowest BCUT2D eigenvalue weighted by atomic mass is 10.1. The molecule has 3 aromatic heterocycles. The Hall–Kier alpha value is -4.26. The molecule has 7 heteroatoms. The molecule has 7 nitrogen and oxygen atoms in total. The van der Waals surface area contributed by atoms with Crippen molar-refractivity contribution in [1.82, 2.24) is 25.4 Å². The molecule has 3 heterocycles. The molecule has 0 amide bonds. The van der Waals surface area contributed by atoms with Crippen LogP contribution in [0.2, 0.25) is 0 Å². The maximum atomic E-state index is 12.6. The van der Waals surface area contributed by atoms with Gasteiger partial charge in [0.1, 0.15) is 0 Å². The van der Waals surface area contributed by atoms with Crippen LogP contribution >= 0.6 is 0 Å². The Labute approximate surface area is 172 Å². The highest BCUT2D eigenvalue weighted by Crippen LogP contribution is 2.26. The molecule has 30 heavy (non-hydrogen) atoms. The zero-order valence-electron chi connectivity index (χ0n) is 16.0. The number of benzene rings is 2. The lowest BCUT2D eigenvalue weighted by molar-refractivity contribution is 0.0989. The summed E-state index contributed by atoms with van der Waals surface area (Å²) in [6, 6.07) is 17.8. The van der Waals surface area contributed by atoms with Crippen LogP contribution in [0.4, 0.5) is 11.4 Å². The van der Waals surface area contributed by atoms with Gasteiger partial charge in [-0.05, 0) is 47.5 Å². The van der Waals surface area contributed by atoms with Gasteiger partial charge in [0.2, 0.25) is 0 Å². The van der Waals surface area contributed by atoms with Crippen LogP contribution in [0.1, 0.15) is 16.1 Å². The van der Waals surface area contributed by atoms with Gasteiger partial charge in [-0.3, -0.25) is 9.89 Å². The molecule has 2 aromatic carbocycles. The van der Waals surface area contributed by atoms with Crippen molar-refractivity contribution in [3.8, 4) is 11.1 Å². The van der Waals surface area contributed by atoms with Crippen LogP contribution in [0.15, 0.2) is 79.4 Å². The molecule has 0 unspecified atom stereocenters. The van der Waals surface area contributed by atoms with Gasteiger partial charge in [0.15, 0.2) is 5.78 Å². The molecule has 0 saturated carbocycles. The summed E-state index contributed by atoms with van der Waals surface area (Å²) in [5, 5.41) is 18.8. The minimum Gasteiger partial charge on any atom is -0.355 e. The van der Waals surface area contributed by atoms with E-state index in [2.05, 4.69) is 36.8 Å². The molecule has 0 atom stereocenters. The number of carbonyl (C=O) groups is 1. The summed E-state index contributed by atoms with van der Waals surface area (Å²) in [7, 11) is 0. The highest BCUT2D eigenvalue weighted by molar-refractivity contribution is 6.01. The summed E-state index contributed by atoms with van der Waals surface area (Å²) in [6.07, 6.45) is 7.15. The van der Waals surface area contributed by atoms with E-state index in [1.807, 2.05) is 48.7 Å². The van der Waals surface area contributed by atoms with E-state index in [0.717, 1.165) is 39.0 Å².